The summed E-state index contributed by atoms with van der Waals surface area (Å²) in [4.78, 5) is 33.7. The molecule has 1 aliphatic heterocycles. The predicted octanol–water partition coefficient (Wildman–Crippen LogP) is 0.509. The molecule has 6 heteroatoms. The molecule has 1 aliphatic rings. The van der Waals surface area contributed by atoms with Crippen LogP contribution in [0, 0.1) is 4.91 Å². The van der Waals surface area contributed by atoms with Crippen molar-refractivity contribution in [1.29, 1.82) is 0 Å². The summed E-state index contributed by atoms with van der Waals surface area (Å²) >= 11 is 5.40. The van der Waals surface area contributed by atoms with E-state index in [-0.39, 0.29) is 31.2 Å². The number of halogens is 1. The Morgan fingerprint density at radius 2 is 2.23 bits per heavy atom. The second-order valence-electron chi connectivity index (χ2n) is 2.73. The number of rotatable bonds is 3. The molecule has 0 saturated carbocycles. The van der Waals surface area contributed by atoms with Crippen molar-refractivity contribution in [2.24, 2.45) is 5.18 Å². The zero-order chi connectivity index (χ0) is 9.84. The van der Waals surface area contributed by atoms with Crippen LogP contribution in [0.5, 0.6) is 0 Å². The molecule has 0 aromatic heterocycles. The maximum Gasteiger partial charge on any atom is 0.257 e. The van der Waals surface area contributed by atoms with E-state index in [1.165, 1.54) is 0 Å². The van der Waals surface area contributed by atoms with Crippen molar-refractivity contribution in [2.75, 3.05) is 12.4 Å². The van der Waals surface area contributed by atoms with Crippen molar-refractivity contribution in [1.82, 2.24) is 4.90 Å². The van der Waals surface area contributed by atoms with Gasteiger partial charge < -0.3 is 0 Å². The van der Waals surface area contributed by atoms with E-state index in [1.54, 1.807) is 0 Å². The Balaban J connectivity index is 2.71. The Morgan fingerprint density at radius 1 is 1.54 bits per heavy atom. The Morgan fingerprint density at radius 3 is 2.77 bits per heavy atom. The number of imide groups is 1. The van der Waals surface area contributed by atoms with Crippen LogP contribution in [0.2, 0.25) is 0 Å². The molecule has 0 aromatic carbocycles. The van der Waals surface area contributed by atoms with Gasteiger partial charge in [0, 0.05) is 18.8 Å². The minimum Gasteiger partial charge on any atom is -0.279 e. The van der Waals surface area contributed by atoms with Gasteiger partial charge in [-0.05, 0) is 6.42 Å². The molecular weight excluding hydrogens is 196 g/mol. The molecular formula is C7H9ClN2O3. The zero-order valence-corrected chi connectivity index (χ0v) is 7.66. The summed E-state index contributed by atoms with van der Waals surface area (Å²) in [5.74, 6) is -0.610. The highest BCUT2D eigenvalue weighted by molar-refractivity contribution is 6.18. The molecule has 0 bridgehead atoms. The molecule has 5 nitrogen and oxygen atoms in total. The van der Waals surface area contributed by atoms with E-state index in [0.29, 0.717) is 0 Å². The van der Waals surface area contributed by atoms with Gasteiger partial charge in [-0.1, -0.05) is 5.18 Å². The fourth-order valence-corrected chi connectivity index (χ4v) is 1.41. The largest absolute Gasteiger partial charge is 0.279 e. The molecule has 0 radical (unpaired) electrons. The third-order valence-corrected chi connectivity index (χ3v) is 2.09. The highest BCUT2D eigenvalue weighted by Crippen LogP contribution is 2.15. The standard InChI is InChI=1S/C7H9ClN2O3/c8-3-4-10-6(11)2-1-5(9-13)7(10)12/h5H,1-4H2. The van der Waals surface area contributed by atoms with E-state index in [2.05, 4.69) is 5.18 Å². The smallest absolute Gasteiger partial charge is 0.257 e. The van der Waals surface area contributed by atoms with E-state index in [4.69, 9.17) is 11.6 Å². The number of hydrogen-bond donors (Lipinski definition) is 0. The number of likely N-dealkylation sites (tertiary alicyclic amines) is 1. The van der Waals surface area contributed by atoms with E-state index in [9.17, 15) is 14.5 Å². The van der Waals surface area contributed by atoms with Crippen LogP contribution in [0.1, 0.15) is 12.8 Å². The summed E-state index contributed by atoms with van der Waals surface area (Å²) in [5, 5.41) is 2.66. The van der Waals surface area contributed by atoms with Crippen LogP contribution < -0.4 is 0 Å². The predicted molar refractivity (Wildman–Crippen MR) is 46.3 cm³/mol. The first kappa shape index (κ1) is 10.1. The Labute approximate surface area is 80.0 Å². The topological polar surface area (TPSA) is 66.8 Å². The van der Waals surface area contributed by atoms with E-state index in [0.717, 1.165) is 4.90 Å². The van der Waals surface area contributed by atoms with Crippen molar-refractivity contribution in [3.05, 3.63) is 4.91 Å². The van der Waals surface area contributed by atoms with Gasteiger partial charge >= 0.3 is 0 Å². The third kappa shape index (κ3) is 2.03. The maximum absolute atomic E-state index is 11.3. The van der Waals surface area contributed by atoms with Crippen LogP contribution in [-0.2, 0) is 9.59 Å². The molecule has 72 valence electrons. The van der Waals surface area contributed by atoms with E-state index >= 15 is 0 Å². The minimum atomic E-state index is -0.902. The third-order valence-electron chi connectivity index (χ3n) is 1.92. The zero-order valence-electron chi connectivity index (χ0n) is 6.90. The lowest BCUT2D eigenvalue weighted by atomic mass is 10.1. The molecule has 0 aliphatic carbocycles. The molecule has 0 aromatic rings. The van der Waals surface area contributed by atoms with Crippen molar-refractivity contribution in [3.8, 4) is 0 Å². The van der Waals surface area contributed by atoms with Gasteiger partial charge in [-0.2, -0.15) is 0 Å². The summed E-state index contributed by atoms with van der Waals surface area (Å²) in [6.45, 7) is 0.158. The summed E-state index contributed by atoms with van der Waals surface area (Å²) in [6, 6.07) is -0.902. The van der Waals surface area contributed by atoms with E-state index in [1.807, 2.05) is 0 Å². The summed E-state index contributed by atoms with van der Waals surface area (Å²) in [7, 11) is 0. The van der Waals surface area contributed by atoms with Gasteiger partial charge in [0.25, 0.3) is 5.91 Å². The van der Waals surface area contributed by atoms with Crippen LogP contribution in [0.15, 0.2) is 5.18 Å². The van der Waals surface area contributed by atoms with Crippen LogP contribution in [-0.4, -0.2) is 35.2 Å². The minimum absolute atomic E-state index is 0.158. The Hall–Kier alpha value is -0.970. The molecule has 1 fully saturated rings. The molecule has 1 rings (SSSR count). The van der Waals surface area contributed by atoms with Crippen LogP contribution in [0.3, 0.4) is 0 Å². The fourth-order valence-electron chi connectivity index (χ4n) is 1.24. The first-order valence-electron chi connectivity index (χ1n) is 3.93. The molecule has 1 unspecified atom stereocenters. The average Bonchev–Trinajstić information content (AvgIpc) is 2.12. The fraction of sp³-hybridized carbons (Fsp3) is 0.714. The lowest BCUT2D eigenvalue weighted by Gasteiger charge is -2.26. The van der Waals surface area contributed by atoms with Crippen LogP contribution >= 0.6 is 11.6 Å². The van der Waals surface area contributed by atoms with Crippen LogP contribution in [0.25, 0.3) is 0 Å². The van der Waals surface area contributed by atoms with E-state index < -0.39 is 11.9 Å². The quantitative estimate of drug-likeness (QED) is 0.382. The molecule has 2 amide bonds. The molecule has 1 saturated heterocycles. The summed E-state index contributed by atoms with van der Waals surface area (Å²) in [6.07, 6.45) is 0.416. The van der Waals surface area contributed by atoms with Crippen molar-refractivity contribution in [2.45, 2.75) is 18.9 Å². The summed E-state index contributed by atoms with van der Waals surface area (Å²) < 4.78 is 0. The van der Waals surface area contributed by atoms with Gasteiger partial charge in [-0.3, -0.25) is 14.5 Å². The second kappa shape index (κ2) is 4.32. The molecule has 1 atom stereocenters. The molecule has 1 heterocycles. The average molecular weight is 205 g/mol. The first-order chi connectivity index (χ1) is 6.20. The monoisotopic (exact) mass is 204 g/mol. The Kier molecular flexibility index (Phi) is 3.36. The highest BCUT2D eigenvalue weighted by atomic mass is 35.5. The normalized spacial score (nSPS) is 23.5. The van der Waals surface area contributed by atoms with Gasteiger partial charge in [0.15, 0.2) is 6.04 Å². The number of amides is 2. The molecule has 0 N–H and O–H groups in total. The number of nitrogens with zero attached hydrogens (tertiary/aromatic N) is 2. The highest BCUT2D eigenvalue weighted by Gasteiger charge is 2.34. The summed E-state index contributed by atoms with van der Waals surface area (Å²) in [5.41, 5.74) is 0. The van der Waals surface area contributed by atoms with Crippen molar-refractivity contribution < 1.29 is 9.59 Å². The number of carbonyl (C=O) groups excluding carboxylic acids is 2. The van der Waals surface area contributed by atoms with Gasteiger partial charge in [0.2, 0.25) is 5.91 Å². The Bertz CT molecular complexity index is 244. The number of hydrogen-bond acceptors (Lipinski definition) is 4. The van der Waals surface area contributed by atoms with Gasteiger partial charge in [-0.15, -0.1) is 16.5 Å². The maximum atomic E-state index is 11.3. The van der Waals surface area contributed by atoms with Crippen molar-refractivity contribution >= 4 is 23.4 Å². The number of piperidine rings is 1. The number of alkyl halides is 1. The second-order valence-corrected chi connectivity index (χ2v) is 3.11. The SMILES string of the molecule is O=NC1CCC(=O)N(CCCl)C1=O. The van der Waals surface area contributed by atoms with Gasteiger partial charge in [0.05, 0.1) is 0 Å². The lowest BCUT2D eigenvalue weighted by Crippen LogP contribution is -2.47. The molecule has 13 heavy (non-hydrogen) atoms. The number of carbonyl (C=O) groups is 2. The lowest BCUT2D eigenvalue weighted by molar-refractivity contribution is -0.148. The number of nitroso groups, excluding NO2 is 1. The van der Waals surface area contributed by atoms with Gasteiger partial charge in [-0.25, -0.2) is 0 Å². The molecule has 0 spiro atoms. The van der Waals surface area contributed by atoms with Crippen molar-refractivity contribution in [3.63, 3.8) is 0 Å². The first-order valence-corrected chi connectivity index (χ1v) is 4.46. The van der Waals surface area contributed by atoms with Gasteiger partial charge in [0.1, 0.15) is 0 Å². The van der Waals surface area contributed by atoms with Crippen LogP contribution in [0.4, 0.5) is 0 Å².